The lowest BCUT2D eigenvalue weighted by molar-refractivity contribution is -0.394. The molecule has 0 atom stereocenters. The van der Waals surface area contributed by atoms with Crippen LogP contribution in [0.4, 0.5) is 21.2 Å². The van der Waals surface area contributed by atoms with Gasteiger partial charge in [-0.3, -0.25) is 39.5 Å². The van der Waals surface area contributed by atoms with Crippen LogP contribution in [-0.4, -0.2) is 58.0 Å². The fraction of sp³-hybridized carbons (Fsp3) is 0.267. The minimum atomic E-state index is -0.813. The summed E-state index contributed by atoms with van der Waals surface area (Å²) in [6, 6.07) is 7.32. The molecule has 5 rings (SSSR count). The molecule has 0 saturated carbocycles. The normalized spacial score (nSPS) is 14.9. The number of hydrogen-bond acceptors (Lipinski definition) is 13. The third kappa shape index (κ3) is 7.10. The van der Waals surface area contributed by atoms with E-state index in [1.54, 1.807) is 6.92 Å². The molecule has 17 heteroatoms. The van der Waals surface area contributed by atoms with E-state index in [0.29, 0.717) is 34.3 Å². The number of hydrogen-bond donors (Lipinski definition) is 1. The van der Waals surface area contributed by atoms with Gasteiger partial charge in [0.2, 0.25) is 11.7 Å². The van der Waals surface area contributed by atoms with Crippen molar-refractivity contribution in [2.24, 2.45) is 0 Å². The van der Waals surface area contributed by atoms with Crippen molar-refractivity contribution in [3.05, 3.63) is 83.1 Å². The van der Waals surface area contributed by atoms with Crippen LogP contribution in [0, 0.1) is 20.2 Å². The molecule has 15 nitrogen and oxygen atoms in total. The molecule has 47 heavy (non-hydrogen) atoms. The summed E-state index contributed by atoms with van der Waals surface area (Å²) in [4.78, 5) is 74.4. The van der Waals surface area contributed by atoms with Crippen molar-refractivity contribution in [2.75, 3.05) is 25.6 Å². The van der Waals surface area contributed by atoms with E-state index in [0.717, 1.165) is 52.8 Å². The van der Waals surface area contributed by atoms with Crippen molar-refractivity contribution in [3.8, 4) is 17.2 Å². The van der Waals surface area contributed by atoms with Crippen LogP contribution in [0.1, 0.15) is 46.1 Å². The molecular weight excluding hydrogens is 656 g/mol. The molecule has 3 aromatic rings. The summed E-state index contributed by atoms with van der Waals surface area (Å²) in [6.45, 7) is 1.29. The Morgan fingerprint density at radius 1 is 1.02 bits per heavy atom. The standard InChI is InChI=1S/C30H26N4O11S2/c1-3-44-29(37)26-18-6-4-5-7-23(18)46-27(26)31-25(35)15-32-28(36)24(47-30(32)38)13-16-8-10-21(22(12-16)43-2)45-20-11-9-17(33(39)40)14-19(20)34(41)42/h8-14H,3-7,15H2,1-2H3,(H,31,35). The molecule has 0 bridgehead atoms. The molecule has 1 aliphatic carbocycles. The first-order chi connectivity index (χ1) is 22.5. The minimum Gasteiger partial charge on any atom is -0.493 e. The van der Waals surface area contributed by atoms with Gasteiger partial charge in [0.25, 0.3) is 16.8 Å². The predicted octanol–water partition coefficient (Wildman–Crippen LogP) is 6.10. The van der Waals surface area contributed by atoms with Gasteiger partial charge in [-0.15, -0.1) is 11.3 Å². The van der Waals surface area contributed by atoms with E-state index in [1.165, 1.54) is 42.7 Å². The number of fused-ring (bicyclic) bond motifs is 1. The monoisotopic (exact) mass is 682 g/mol. The molecule has 1 N–H and O–H groups in total. The van der Waals surface area contributed by atoms with E-state index in [2.05, 4.69) is 5.32 Å². The second kappa shape index (κ2) is 14.0. The molecule has 2 aromatic carbocycles. The molecule has 244 valence electrons. The van der Waals surface area contributed by atoms with Gasteiger partial charge >= 0.3 is 11.7 Å². The third-order valence-electron chi connectivity index (χ3n) is 7.13. The van der Waals surface area contributed by atoms with Crippen LogP contribution in [0.2, 0.25) is 0 Å². The number of non-ortho nitro benzene ring substituents is 1. The maximum Gasteiger partial charge on any atom is 0.341 e. The summed E-state index contributed by atoms with van der Waals surface area (Å²) in [6.07, 6.45) is 4.77. The van der Waals surface area contributed by atoms with Gasteiger partial charge in [0.05, 0.1) is 40.1 Å². The van der Waals surface area contributed by atoms with E-state index in [4.69, 9.17) is 14.2 Å². The molecule has 0 spiro atoms. The quantitative estimate of drug-likeness (QED) is 0.106. The van der Waals surface area contributed by atoms with Crippen LogP contribution in [0.25, 0.3) is 6.08 Å². The van der Waals surface area contributed by atoms with Crippen molar-refractivity contribution in [2.45, 2.75) is 32.6 Å². The Labute approximate surface area is 274 Å². The Hall–Kier alpha value is -5.29. The topological polar surface area (TPSA) is 198 Å². The first kappa shape index (κ1) is 33.1. The third-order valence-corrected chi connectivity index (χ3v) is 9.25. The van der Waals surface area contributed by atoms with Crippen LogP contribution in [0.3, 0.4) is 0 Å². The number of ether oxygens (including phenoxy) is 3. The number of benzene rings is 2. The van der Waals surface area contributed by atoms with Crippen molar-refractivity contribution < 1.29 is 43.2 Å². The van der Waals surface area contributed by atoms with Gasteiger partial charge in [-0.05, 0) is 79.8 Å². The second-order valence-electron chi connectivity index (χ2n) is 10.1. The van der Waals surface area contributed by atoms with Crippen molar-refractivity contribution in [3.63, 3.8) is 0 Å². The summed E-state index contributed by atoms with van der Waals surface area (Å²) in [5, 5.41) is 24.9. The van der Waals surface area contributed by atoms with Crippen LogP contribution < -0.4 is 14.8 Å². The Bertz CT molecular complexity index is 1850. The number of rotatable bonds is 11. The maximum absolute atomic E-state index is 13.2. The number of nitrogens with zero attached hydrogens (tertiary/aromatic N) is 3. The zero-order valence-corrected chi connectivity index (χ0v) is 26.6. The van der Waals surface area contributed by atoms with E-state index >= 15 is 0 Å². The highest BCUT2D eigenvalue weighted by molar-refractivity contribution is 8.18. The molecule has 2 heterocycles. The number of imide groups is 1. The van der Waals surface area contributed by atoms with Crippen LogP contribution >= 0.6 is 23.1 Å². The Morgan fingerprint density at radius 3 is 2.47 bits per heavy atom. The Kier molecular flexibility index (Phi) is 9.86. The highest BCUT2D eigenvalue weighted by Crippen LogP contribution is 2.41. The fourth-order valence-electron chi connectivity index (χ4n) is 5.00. The van der Waals surface area contributed by atoms with Crippen LogP contribution in [0.15, 0.2) is 41.3 Å². The summed E-state index contributed by atoms with van der Waals surface area (Å²) >= 11 is 1.93. The molecule has 1 aromatic heterocycles. The van der Waals surface area contributed by atoms with E-state index in [-0.39, 0.29) is 28.8 Å². The lowest BCUT2D eigenvalue weighted by Crippen LogP contribution is -2.36. The Morgan fingerprint density at radius 2 is 1.77 bits per heavy atom. The number of esters is 1. The molecule has 3 amide bonds. The van der Waals surface area contributed by atoms with E-state index in [9.17, 15) is 39.4 Å². The molecule has 1 aliphatic heterocycles. The largest absolute Gasteiger partial charge is 0.493 e. The first-order valence-corrected chi connectivity index (χ1v) is 15.8. The number of methoxy groups -OCH3 is 1. The number of aryl methyl sites for hydroxylation is 1. The maximum atomic E-state index is 13.2. The van der Waals surface area contributed by atoms with Crippen molar-refractivity contribution >= 4 is 68.6 Å². The number of amides is 3. The van der Waals surface area contributed by atoms with Gasteiger partial charge in [0.1, 0.15) is 11.5 Å². The zero-order chi connectivity index (χ0) is 33.8. The molecule has 2 aliphatic rings. The second-order valence-corrected chi connectivity index (χ2v) is 12.2. The minimum absolute atomic E-state index is 0.0309. The number of nitro groups is 2. The fourth-order valence-corrected chi connectivity index (χ4v) is 7.13. The average molecular weight is 683 g/mol. The number of nitrogens with one attached hydrogen (secondary N) is 1. The van der Waals surface area contributed by atoms with Crippen LogP contribution in [-0.2, 0) is 27.2 Å². The van der Waals surface area contributed by atoms with Gasteiger partial charge in [-0.2, -0.15) is 0 Å². The van der Waals surface area contributed by atoms with Gasteiger partial charge in [-0.25, -0.2) is 4.79 Å². The SMILES string of the molecule is CCOC(=O)c1c(NC(=O)CN2C(=O)SC(=Cc3ccc(Oc4ccc([N+](=O)[O-])cc4[N+](=O)[O-])c(OC)c3)C2=O)sc2c1CCCC2. The summed E-state index contributed by atoms with van der Waals surface area (Å²) in [5.74, 6) is -1.99. The molecular formula is C30H26N4O11S2. The molecule has 0 radical (unpaired) electrons. The van der Waals surface area contributed by atoms with Crippen molar-refractivity contribution in [1.29, 1.82) is 0 Å². The number of carbonyl (C=O) groups excluding carboxylic acids is 4. The van der Waals surface area contributed by atoms with Gasteiger partial charge < -0.3 is 19.5 Å². The predicted molar refractivity (Wildman–Crippen MR) is 171 cm³/mol. The highest BCUT2D eigenvalue weighted by Gasteiger charge is 2.37. The van der Waals surface area contributed by atoms with Gasteiger partial charge in [0.15, 0.2) is 11.5 Å². The van der Waals surface area contributed by atoms with Crippen molar-refractivity contribution in [1.82, 2.24) is 4.90 Å². The van der Waals surface area contributed by atoms with Gasteiger partial charge in [-0.1, -0.05) is 6.07 Å². The van der Waals surface area contributed by atoms with Gasteiger partial charge in [0, 0.05) is 10.9 Å². The number of thiophene rings is 1. The summed E-state index contributed by atoms with van der Waals surface area (Å²) in [7, 11) is 1.32. The number of thioether (sulfide) groups is 1. The zero-order valence-electron chi connectivity index (χ0n) is 24.9. The van der Waals surface area contributed by atoms with E-state index < -0.39 is 50.8 Å². The average Bonchev–Trinajstić information content (AvgIpc) is 3.53. The van der Waals surface area contributed by atoms with Crippen LogP contribution in [0.5, 0.6) is 17.2 Å². The number of nitro benzene ring substituents is 2. The molecule has 1 fully saturated rings. The molecule has 0 unspecified atom stereocenters. The molecule has 1 saturated heterocycles. The summed E-state index contributed by atoms with van der Waals surface area (Å²) in [5.41, 5.74) is 0.481. The smallest absolute Gasteiger partial charge is 0.341 e. The number of anilines is 1. The lowest BCUT2D eigenvalue weighted by atomic mass is 9.95. The van der Waals surface area contributed by atoms with E-state index in [1.807, 2.05) is 0 Å². The summed E-state index contributed by atoms with van der Waals surface area (Å²) < 4.78 is 16.2. The lowest BCUT2D eigenvalue weighted by Gasteiger charge is -2.13. The number of carbonyl (C=O) groups is 4. The Balaban J connectivity index is 1.31. The highest BCUT2D eigenvalue weighted by atomic mass is 32.2. The first-order valence-electron chi connectivity index (χ1n) is 14.2.